The summed E-state index contributed by atoms with van der Waals surface area (Å²) in [6, 6.07) is 0. The fraction of sp³-hybridized carbons (Fsp3) is 0.882. The van der Waals surface area contributed by atoms with Gasteiger partial charge < -0.3 is 14.7 Å². The molecule has 1 N–H and O–H groups in total. The third-order valence-corrected chi connectivity index (χ3v) is 4.67. The Hall–Kier alpha value is -1.30. The van der Waals surface area contributed by atoms with Crippen LogP contribution < -0.4 is 0 Å². The Morgan fingerprint density at radius 1 is 1.17 bits per heavy atom. The molecule has 0 aliphatic carbocycles. The third kappa shape index (κ3) is 4.37. The zero-order valence-electron chi connectivity index (χ0n) is 15.0. The molecule has 2 aliphatic rings. The summed E-state index contributed by atoms with van der Waals surface area (Å²) in [7, 11) is 0. The standard InChI is InChI=1S/C17H30N2O4/c1-15(2,3)23-14(22)18-11-17(12-18,9-13(20)21)19-8-6-7-16(4,5)10-19/h6-12H2,1-5H3,(H,20,21). The number of carboxylic acids is 1. The lowest BCUT2D eigenvalue weighted by Crippen LogP contribution is -2.73. The van der Waals surface area contributed by atoms with Crippen molar-refractivity contribution in [2.45, 2.75) is 65.0 Å². The van der Waals surface area contributed by atoms with E-state index in [-0.39, 0.29) is 17.9 Å². The second-order valence-corrected chi connectivity index (χ2v) is 8.82. The number of piperidine rings is 1. The molecule has 6 heteroatoms. The zero-order valence-corrected chi connectivity index (χ0v) is 15.0. The molecule has 0 bridgehead atoms. The van der Waals surface area contributed by atoms with Crippen LogP contribution in [0.4, 0.5) is 4.79 Å². The van der Waals surface area contributed by atoms with Gasteiger partial charge in [0.1, 0.15) is 5.60 Å². The van der Waals surface area contributed by atoms with Gasteiger partial charge >= 0.3 is 12.1 Å². The third-order valence-electron chi connectivity index (χ3n) is 4.67. The van der Waals surface area contributed by atoms with Crippen molar-refractivity contribution >= 4 is 12.1 Å². The maximum absolute atomic E-state index is 12.2. The van der Waals surface area contributed by atoms with Crippen LogP contribution in [0.5, 0.6) is 0 Å². The number of amides is 1. The van der Waals surface area contributed by atoms with Crippen LogP contribution in [0.1, 0.15) is 53.9 Å². The molecule has 132 valence electrons. The molecule has 0 aromatic rings. The van der Waals surface area contributed by atoms with E-state index in [2.05, 4.69) is 18.7 Å². The van der Waals surface area contributed by atoms with Gasteiger partial charge in [0.25, 0.3) is 0 Å². The second-order valence-electron chi connectivity index (χ2n) is 8.82. The number of nitrogens with zero attached hydrogens (tertiary/aromatic N) is 2. The molecule has 0 unspecified atom stereocenters. The van der Waals surface area contributed by atoms with Gasteiger partial charge in [-0.2, -0.15) is 0 Å². The van der Waals surface area contributed by atoms with Gasteiger partial charge in [-0.3, -0.25) is 9.69 Å². The Kier molecular flexibility index (Phi) is 4.68. The fourth-order valence-corrected chi connectivity index (χ4v) is 3.65. The predicted molar refractivity (Wildman–Crippen MR) is 87.4 cm³/mol. The maximum atomic E-state index is 12.2. The van der Waals surface area contributed by atoms with E-state index in [0.717, 1.165) is 25.9 Å². The van der Waals surface area contributed by atoms with E-state index in [1.807, 2.05) is 20.8 Å². The van der Waals surface area contributed by atoms with E-state index in [9.17, 15) is 14.7 Å². The smallest absolute Gasteiger partial charge is 0.410 e. The van der Waals surface area contributed by atoms with E-state index in [4.69, 9.17) is 4.74 Å². The van der Waals surface area contributed by atoms with E-state index < -0.39 is 17.1 Å². The molecular formula is C17H30N2O4. The van der Waals surface area contributed by atoms with Crippen molar-refractivity contribution in [3.05, 3.63) is 0 Å². The normalized spacial score (nSPS) is 24.0. The molecule has 1 amide bonds. The Balaban J connectivity index is 2.06. The van der Waals surface area contributed by atoms with Crippen molar-refractivity contribution in [2.75, 3.05) is 26.2 Å². The Bertz CT molecular complexity index is 475. The number of ether oxygens (including phenoxy) is 1. The Morgan fingerprint density at radius 3 is 2.26 bits per heavy atom. The average molecular weight is 326 g/mol. The first-order valence-electron chi connectivity index (χ1n) is 8.37. The quantitative estimate of drug-likeness (QED) is 0.863. The van der Waals surface area contributed by atoms with Gasteiger partial charge in [0, 0.05) is 19.6 Å². The van der Waals surface area contributed by atoms with Gasteiger partial charge in [-0.1, -0.05) is 13.8 Å². The topological polar surface area (TPSA) is 70.1 Å². The van der Waals surface area contributed by atoms with Crippen LogP contribution in [0.25, 0.3) is 0 Å². The lowest BCUT2D eigenvalue weighted by molar-refractivity contribution is -0.148. The predicted octanol–water partition coefficient (Wildman–Crippen LogP) is 2.57. The minimum Gasteiger partial charge on any atom is -0.481 e. The first-order chi connectivity index (χ1) is 10.4. The van der Waals surface area contributed by atoms with Crippen LogP contribution in [-0.4, -0.2) is 64.3 Å². The van der Waals surface area contributed by atoms with Crippen LogP contribution >= 0.6 is 0 Å². The highest BCUT2D eigenvalue weighted by Gasteiger charge is 2.53. The van der Waals surface area contributed by atoms with Crippen molar-refractivity contribution in [1.82, 2.24) is 9.80 Å². The molecule has 0 aromatic carbocycles. The number of carboxylic acid groups (broad SMARTS) is 1. The van der Waals surface area contributed by atoms with Crippen LogP contribution in [-0.2, 0) is 9.53 Å². The first-order valence-corrected chi connectivity index (χ1v) is 8.37. The van der Waals surface area contributed by atoms with E-state index in [1.165, 1.54) is 0 Å². The van der Waals surface area contributed by atoms with Crippen molar-refractivity contribution in [3.8, 4) is 0 Å². The van der Waals surface area contributed by atoms with Crippen molar-refractivity contribution in [2.24, 2.45) is 5.41 Å². The summed E-state index contributed by atoms with van der Waals surface area (Å²) in [5.74, 6) is -0.808. The highest BCUT2D eigenvalue weighted by molar-refractivity contribution is 5.73. The van der Waals surface area contributed by atoms with Crippen molar-refractivity contribution < 1.29 is 19.4 Å². The molecule has 2 rings (SSSR count). The van der Waals surface area contributed by atoms with E-state index >= 15 is 0 Å². The molecule has 0 saturated carbocycles. The summed E-state index contributed by atoms with van der Waals surface area (Å²) >= 11 is 0. The summed E-state index contributed by atoms with van der Waals surface area (Å²) in [6.07, 6.45) is 1.95. The molecular weight excluding hydrogens is 296 g/mol. The molecule has 2 aliphatic heterocycles. The highest BCUT2D eigenvalue weighted by Crippen LogP contribution is 2.39. The minimum atomic E-state index is -0.808. The van der Waals surface area contributed by atoms with Crippen LogP contribution in [0.3, 0.4) is 0 Å². The summed E-state index contributed by atoms with van der Waals surface area (Å²) < 4.78 is 5.39. The van der Waals surface area contributed by atoms with Gasteiger partial charge in [-0.05, 0) is 45.6 Å². The number of hydrogen-bond donors (Lipinski definition) is 1. The highest BCUT2D eigenvalue weighted by atomic mass is 16.6. The van der Waals surface area contributed by atoms with Crippen LogP contribution in [0, 0.1) is 5.41 Å². The molecule has 2 saturated heterocycles. The summed E-state index contributed by atoms with van der Waals surface area (Å²) in [5.41, 5.74) is -0.786. The lowest BCUT2D eigenvalue weighted by Gasteiger charge is -2.57. The second kappa shape index (κ2) is 5.96. The van der Waals surface area contributed by atoms with Crippen LogP contribution in [0.15, 0.2) is 0 Å². The molecule has 23 heavy (non-hydrogen) atoms. The Morgan fingerprint density at radius 2 is 1.78 bits per heavy atom. The number of rotatable bonds is 3. The average Bonchev–Trinajstić information content (AvgIpc) is 2.29. The molecule has 0 spiro atoms. The number of aliphatic carboxylic acids is 1. The lowest BCUT2D eigenvalue weighted by atomic mass is 9.77. The fourth-order valence-electron chi connectivity index (χ4n) is 3.65. The molecule has 2 heterocycles. The summed E-state index contributed by atoms with van der Waals surface area (Å²) in [4.78, 5) is 27.4. The number of carbonyl (C=O) groups is 2. The molecule has 0 radical (unpaired) electrons. The molecule has 0 atom stereocenters. The Labute approximate surface area is 138 Å². The van der Waals surface area contributed by atoms with Gasteiger partial charge in [-0.25, -0.2) is 4.79 Å². The minimum absolute atomic E-state index is 0.0718. The van der Waals surface area contributed by atoms with E-state index in [1.54, 1.807) is 4.90 Å². The summed E-state index contributed by atoms with van der Waals surface area (Å²) in [6.45, 7) is 12.6. The first kappa shape index (κ1) is 18.0. The monoisotopic (exact) mass is 326 g/mol. The van der Waals surface area contributed by atoms with Gasteiger partial charge in [-0.15, -0.1) is 0 Å². The number of carbonyl (C=O) groups excluding carboxylic acids is 1. The summed E-state index contributed by atoms with van der Waals surface area (Å²) in [5, 5.41) is 9.32. The van der Waals surface area contributed by atoms with Gasteiger partial charge in [0.05, 0.1) is 12.0 Å². The van der Waals surface area contributed by atoms with Gasteiger partial charge in [0.2, 0.25) is 0 Å². The van der Waals surface area contributed by atoms with Crippen LogP contribution in [0.2, 0.25) is 0 Å². The molecule has 0 aromatic heterocycles. The molecule has 2 fully saturated rings. The van der Waals surface area contributed by atoms with Crippen molar-refractivity contribution in [3.63, 3.8) is 0 Å². The molecule has 6 nitrogen and oxygen atoms in total. The SMILES string of the molecule is CC1(C)CCCN(C2(CC(=O)O)CN(C(=O)OC(C)(C)C)C2)C1. The van der Waals surface area contributed by atoms with E-state index in [0.29, 0.717) is 13.1 Å². The number of hydrogen-bond acceptors (Lipinski definition) is 4. The van der Waals surface area contributed by atoms with Gasteiger partial charge in [0.15, 0.2) is 0 Å². The number of likely N-dealkylation sites (tertiary alicyclic amines) is 2. The largest absolute Gasteiger partial charge is 0.481 e. The maximum Gasteiger partial charge on any atom is 0.410 e. The van der Waals surface area contributed by atoms with Crippen molar-refractivity contribution in [1.29, 1.82) is 0 Å². The zero-order chi connectivity index (χ0) is 17.5.